The highest BCUT2D eigenvalue weighted by Crippen LogP contribution is 2.37. The van der Waals surface area contributed by atoms with Crippen molar-refractivity contribution < 1.29 is 32.1 Å². The van der Waals surface area contributed by atoms with E-state index >= 15 is 0 Å². The lowest BCUT2D eigenvalue weighted by molar-refractivity contribution is 0.0116. The molecule has 0 heterocycles. The summed E-state index contributed by atoms with van der Waals surface area (Å²) in [6.07, 6.45) is 2.27. The maximum absolute atomic E-state index is 14.4. The molecule has 1 N–H and O–H groups in total. The Morgan fingerprint density at radius 3 is 2.17 bits per heavy atom. The molecule has 2 aromatic rings. The molecule has 7 heteroatoms. The van der Waals surface area contributed by atoms with Crippen molar-refractivity contribution in [3.8, 4) is 5.75 Å². The summed E-state index contributed by atoms with van der Waals surface area (Å²) < 4.78 is 67.0. The normalized spacial score (nSPS) is 19.4. The molecule has 29 heavy (non-hydrogen) atoms. The van der Waals surface area contributed by atoms with Crippen molar-refractivity contribution in [1.82, 2.24) is 0 Å². The van der Waals surface area contributed by atoms with E-state index in [9.17, 15) is 17.6 Å². The predicted octanol–water partition coefficient (Wildman–Crippen LogP) is 5.38. The van der Waals surface area contributed by atoms with E-state index < -0.39 is 29.9 Å². The highest BCUT2D eigenvalue weighted by atomic mass is 19.2. The molecule has 0 aliphatic heterocycles. The second kappa shape index (κ2) is 9.59. The minimum atomic E-state index is -1.06. The third-order valence-corrected chi connectivity index (χ3v) is 5.38. The van der Waals surface area contributed by atoms with E-state index in [1.807, 2.05) is 0 Å². The van der Waals surface area contributed by atoms with Crippen LogP contribution in [-0.2, 0) is 18.0 Å². The van der Waals surface area contributed by atoms with Crippen LogP contribution < -0.4 is 4.74 Å². The van der Waals surface area contributed by atoms with Gasteiger partial charge < -0.3 is 14.6 Å². The van der Waals surface area contributed by atoms with E-state index in [0.29, 0.717) is 31.2 Å². The van der Waals surface area contributed by atoms with Crippen molar-refractivity contribution in [2.24, 2.45) is 0 Å². The molecule has 1 aliphatic rings. The molecule has 0 saturated heterocycles. The van der Waals surface area contributed by atoms with Crippen LogP contribution in [0, 0.1) is 23.3 Å². The number of ether oxygens (including phenoxy) is 2. The van der Waals surface area contributed by atoms with E-state index in [-0.39, 0.29) is 42.1 Å². The fourth-order valence-corrected chi connectivity index (χ4v) is 3.74. The smallest absolute Gasteiger partial charge is 0.200 e. The molecule has 0 radical (unpaired) electrons. The van der Waals surface area contributed by atoms with Crippen LogP contribution in [0.4, 0.5) is 17.6 Å². The SMILES string of the molecule is CCOc1ccc(C2CCC(OCc3ccc(CO)c(F)c3F)CC2)c(F)c1F. The van der Waals surface area contributed by atoms with Gasteiger partial charge in [-0.2, -0.15) is 4.39 Å². The fourth-order valence-electron chi connectivity index (χ4n) is 3.74. The molecule has 0 unspecified atom stereocenters. The average Bonchev–Trinajstić information content (AvgIpc) is 2.73. The third-order valence-electron chi connectivity index (χ3n) is 5.38. The van der Waals surface area contributed by atoms with E-state index in [0.717, 1.165) is 0 Å². The van der Waals surface area contributed by atoms with Crippen molar-refractivity contribution >= 4 is 0 Å². The second-order valence-corrected chi connectivity index (χ2v) is 7.17. The summed E-state index contributed by atoms with van der Waals surface area (Å²) in [5, 5.41) is 8.97. The molecule has 0 amide bonds. The van der Waals surface area contributed by atoms with Crippen LogP contribution >= 0.6 is 0 Å². The molecule has 0 bridgehead atoms. The van der Waals surface area contributed by atoms with E-state index in [4.69, 9.17) is 14.6 Å². The Balaban J connectivity index is 1.58. The van der Waals surface area contributed by atoms with Gasteiger partial charge in [0.2, 0.25) is 5.82 Å². The van der Waals surface area contributed by atoms with Crippen LogP contribution in [0.1, 0.15) is 55.2 Å². The van der Waals surface area contributed by atoms with Crippen LogP contribution in [0.25, 0.3) is 0 Å². The molecule has 1 fully saturated rings. The summed E-state index contributed by atoms with van der Waals surface area (Å²) in [7, 11) is 0. The van der Waals surface area contributed by atoms with Gasteiger partial charge in [-0.3, -0.25) is 0 Å². The summed E-state index contributed by atoms with van der Waals surface area (Å²) in [5.74, 6) is -4.14. The molecule has 3 rings (SSSR count). The Morgan fingerprint density at radius 2 is 1.52 bits per heavy atom. The Labute approximate surface area is 167 Å². The monoisotopic (exact) mass is 412 g/mol. The van der Waals surface area contributed by atoms with Crippen molar-refractivity contribution in [3.05, 3.63) is 64.2 Å². The van der Waals surface area contributed by atoms with Crippen LogP contribution in [0.3, 0.4) is 0 Å². The maximum Gasteiger partial charge on any atom is 0.200 e. The van der Waals surface area contributed by atoms with Gasteiger partial charge >= 0.3 is 0 Å². The first-order valence-electron chi connectivity index (χ1n) is 9.75. The van der Waals surface area contributed by atoms with Gasteiger partial charge in [-0.15, -0.1) is 0 Å². The first kappa shape index (κ1) is 21.6. The lowest BCUT2D eigenvalue weighted by atomic mass is 9.82. The number of benzene rings is 2. The van der Waals surface area contributed by atoms with Crippen LogP contribution in [0.2, 0.25) is 0 Å². The molecule has 1 aliphatic carbocycles. The molecule has 2 aromatic carbocycles. The lowest BCUT2D eigenvalue weighted by Crippen LogP contribution is -2.22. The molecule has 0 spiro atoms. The van der Waals surface area contributed by atoms with Crippen molar-refractivity contribution in [3.63, 3.8) is 0 Å². The third kappa shape index (κ3) is 4.73. The van der Waals surface area contributed by atoms with Crippen LogP contribution in [0.15, 0.2) is 24.3 Å². The van der Waals surface area contributed by atoms with Crippen molar-refractivity contribution in [2.45, 2.75) is 57.8 Å². The van der Waals surface area contributed by atoms with Gasteiger partial charge in [0.15, 0.2) is 23.2 Å². The number of halogens is 4. The quantitative estimate of drug-likeness (QED) is 0.621. The molecule has 0 aromatic heterocycles. The first-order valence-corrected chi connectivity index (χ1v) is 9.75. The van der Waals surface area contributed by atoms with Crippen LogP contribution in [0.5, 0.6) is 5.75 Å². The molecule has 3 nitrogen and oxygen atoms in total. The topological polar surface area (TPSA) is 38.7 Å². The van der Waals surface area contributed by atoms with Gasteiger partial charge in [0.05, 0.1) is 25.9 Å². The van der Waals surface area contributed by atoms with E-state index in [1.54, 1.807) is 13.0 Å². The van der Waals surface area contributed by atoms with Crippen molar-refractivity contribution in [2.75, 3.05) is 6.61 Å². The molecular formula is C22H24F4O3. The van der Waals surface area contributed by atoms with Gasteiger partial charge in [-0.1, -0.05) is 18.2 Å². The van der Waals surface area contributed by atoms with E-state index in [1.165, 1.54) is 18.2 Å². The lowest BCUT2D eigenvalue weighted by Gasteiger charge is -2.29. The summed E-state index contributed by atoms with van der Waals surface area (Å²) in [4.78, 5) is 0. The number of hydrogen-bond donors (Lipinski definition) is 1. The predicted molar refractivity (Wildman–Crippen MR) is 99.6 cm³/mol. The number of rotatable bonds is 7. The van der Waals surface area contributed by atoms with Gasteiger partial charge in [0, 0.05) is 11.1 Å². The molecule has 158 valence electrons. The zero-order valence-electron chi connectivity index (χ0n) is 16.2. The van der Waals surface area contributed by atoms with Crippen molar-refractivity contribution in [1.29, 1.82) is 0 Å². The minimum Gasteiger partial charge on any atom is -0.491 e. The summed E-state index contributed by atoms with van der Waals surface area (Å²) >= 11 is 0. The zero-order valence-corrected chi connectivity index (χ0v) is 16.2. The zero-order chi connectivity index (χ0) is 21.0. The van der Waals surface area contributed by atoms with Crippen LogP contribution in [-0.4, -0.2) is 17.8 Å². The number of hydrogen-bond acceptors (Lipinski definition) is 3. The number of aliphatic hydroxyl groups is 1. The molecular weight excluding hydrogens is 388 g/mol. The largest absolute Gasteiger partial charge is 0.491 e. The van der Waals surface area contributed by atoms with Gasteiger partial charge in [0.1, 0.15) is 0 Å². The number of aliphatic hydroxyl groups excluding tert-OH is 1. The maximum atomic E-state index is 14.4. The van der Waals surface area contributed by atoms with E-state index in [2.05, 4.69) is 0 Å². The molecule has 0 atom stereocenters. The summed E-state index contributed by atoms with van der Waals surface area (Å²) in [6, 6.07) is 5.74. The van der Waals surface area contributed by atoms with Gasteiger partial charge in [0.25, 0.3) is 0 Å². The Morgan fingerprint density at radius 1 is 0.862 bits per heavy atom. The van der Waals surface area contributed by atoms with Gasteiger partial charge in [-0.25, -0.2) is 13.2 Å². The summed E-state index contributed by atoms with van der Waals surface area (Å²) in [6.45, 7) is 1.30. The highest BCUT2D eigenvalue weighted by molar-refractivity contribution is 5.33. The van der Waals surface area contributed by atoms with Gasteiger partial charge in [-0.05, 0) is 50.2 Å². The Bertz CT molecular complexity index is 848. The average molecular weight is 412 g/mol. The fraction of sp³-hybridized carbons (Fsp3) is 0.455. The standard InChI is InChI=1S/C22H24F4O3/c1-2-28-18-10-9-17(21(25)22(18)26)13-5-7-16(8-6-13)29-12-15-4-3-14(11-27)19(23)20(15)24/h3-4,9-10,13,16,27H,2,5-8,11-12H2,1H3. The second-order valence-electron chi connectivity index (χ2n) is 7.17. The Hall–Kier alpha value is -2.12. The summed E-state index contributed by atoms with van der Waals surface area (Å²) in [5.41, 5.74) is 0.315. The highest BCUT2D eigenvalue weighted by Gasteiger charge is 2.27. The minimum absolute atomic E-state index is 0.0847. The first-order chi connectivity index (χ1) is 14.0. The molecule has 1 saturated carbocycles. The Kier molecular flexibility index (Phi) is 7.14.